The van der Waals surface area contributed by atoms with Crippen LogP contribution in [0.4, 0.5) is 5.13 Å². The Hall–Kier alpha value is -2.56. The molecule has 10 heteroatoms. The van der Waals surface area contributed by atoms with Gasteiger partial charge >= 0.3 is 0 Å². The fourth-order valence-electron chi connectivity index (χ4n) is 3.09. The van der Waals surface area contributed by atoms with Gasteiger partial charge < -0.3 is 5.32 Å². The van der Waals surface area contributed by atoms with Crippen LogP contribution in [-0.2, 0) is 27.8 Å². The monoisotopic (exact) mass is 447 g/mol. The van der Waals surface area contributed by atoms with E-state index in [2.05, 4.69) is 15.4 Å². The summed E-state index contributed by atoms with van der Waals surface area (Å²) in [6.45, 7) is 6.65. The van der Waals surface area contributed by atoms with E-state index in [1.165, 1.54) is 29.7 Å². The molecule has 0 atom stereocenters. The van der Waals surface area contributed by atoms with Crippen LogP contribution >= 0.6 is 11.3 Å². The molecule has 1 amide bonds. The number of aromatic nitrogens is 3. The molecule has 8 nitrogen and oxygen atoms in total. The van der Waals surface area contributed by atoms with Gasteiger partial charge in [-0.2, -0.15) is 5.10 Å². The van der Waals surface area contributed by atoms with Gasteiger partial charge in [0, 0.05) is 42.8 Å². The van der Waals surface area contributed by atoms with Crippen molar-refractivity contribution >= 4 is 32.4 Å². The van der Waals surface area contributed by atoms with Crippen LogP contribution in [-0.4, -0.2) is 47.5 Å². The standard InChI is InChI=1S/C20H25N5O3S2/c1-6-25-14(3)17(13(2)23-25)11-19(26)22-20-21-18(12-29-20)15-7-9-16(10-8-15)30(27,28)24(4)5/h7-10,12H,6,11H2,1-5H3,(H,21,22,26). The van der Waals surface area contributed by atoms with E-state index in [9.17, 15) is 13.2 Å². The second-order valence-electron chi connectivity index (χ2n) is 7.04. The SMILES string of the molecule is CCn1nc(C)c(CC(=O)Nc2nc(-c3ccc(S(=O)(=O)N(C)C)cc3)cs2)c1C. The van der Waals surface area contributed by atoms with Gasteiger partial charge in [0.25, 0.3) is 0 Å². The average Bonchev–Trinajstić information content (AvgIpc) is 3.27. The fourth-order valence-corrected chi connectivity index (χ4v) is 4.73. The third-order valence-corrected chi connectivity index (χ3v) is 7.43. The lowest BCUT2D eigenvalue weighted by atomic mass is 10.1. The van der Waals surface area contributed by atoms with E-state index < -0.39 is 10.0 Å². The van der Waals surface area contributed by atoms with Crippen molar-refractivity contribution in [2.24, 2.45) is 0 Å². The molecule has 0 radical (unpaired) electrons. The minimum atomic E-state index is -3.47. The van der Waals surface area contributed by atoms with Gasteiger partial charge in [0.15, 0.2) is 5.13 Å². The highest BCUT2D eigenvalue weighted by atomic mass is 32.2. The minimum absolute atomic E-state index is 0.148. The number of rotatable bonds is 7. The van der Waals surface area contributed by atoms with Crippen LogP contribution in [0.15, 0.2) is 34.5 Å². The largest absolute Gasteiger partial charge is 0.302 e. The molecule has 0 aliphatic carbocycles. The molecule has 0 unspecified atom stereocenters. The molecule has 1 N–H and O–H groups in total. The highest BCUT2D eigenvalue weighted by molar-refractivity contribution is 7.89. The molecule has 0 aliphatic rings. The molecule has 3 rings (SSSR count). The summed E-state index contributed by atoms with van der Waals surface area (Å²) in [6, 6.07) is 6.53. The number of hydrogen-bond donors (Lipinski definition) is 1. The van der Waals surface area contributed by atoms with Gasteiger partial charge in [0.1, 0.15) is 0 Å². The Morgan fingerprint density at radius 3 is 2.43 bits per heavy atom. The van der Waals surface area contributed by atoms with Gasteiger partial charge in [0.2, 0.25) is 15.9 Å². The third kappa shape index (κ3) is 4.45. The number of thiazole rings is 1. The van der Waals surface area contributed by atoms with Crippen LogP contribution in [0.5, 0.6) is 0 Å². The summed E-state index contributed by atoms with van der Waals surface area (Å²) in [7, 11) is -0.482. The Kier molecular flexibility index (Phi) is 6.39. The fraction of sp³-hybridized carbons (Fsp3) is 0.350. The van der Waals surface area contributed by atoms with Crippen molar-refractivity contribution in [1.29, 1.82) is 0 Å². The average molecular weight is 448 g/mol. The van der Waals surface area contributed by atoms with Crippen molar-refractivity contribution in [1.82, 2.24) is 19.1 Å². The van der Waals surface area contributed by atoms with Crippen LogP contribution in [0.2, 0.25) is 0 Å². The highest BCUT2D eigenvalue weighted by Crippen LogP contribution is 2.26. The van der Waals surface area contributed by atoms with Crippen molar-refractivity contribution in [2.45, 2.75) is 38.6 Å². The lowest BCUT2D eigenvalue weighted by Crippen LogP contribution is -2.22. The number of amides is 1. The second-order valence-corrected chi connectivity index (χ2v) is 10.0. The number of sulfonamides is 1. The number of carbonyl (C=O) groups is 1. The Morgan fingerprint density at radius 2 is 1.87 bits per heavy atom. The lowest BCUT2D eigenvalue weighted by Gasteiger charge is -2.11. The Labute approximate surface area is 180 Å². The molecule has 2 heterocycles. The molecule has 0 saturated heterocycles. The van der Waals surface area contributed by atoms with Gasteiger partial charge in [0.05, 0.1) is 22.7 Å². The van der Waals surface area contributed by atoms with Crippen molar-refractivity contribution in [3.05, 3.63) is 46.6 Å². The predicted octanol–water partition coefficient (Wildman–Crippen LogP) is 3.07. The van der Waals surface area contributed by atoms with Crippen LogP contribution in [0.1, 0.15) is 23.9 Å². The van der Waals surface area contributed by atoms with E-state index in [-0.39, 0.29) is 17.2 Å². The Bertz CT molecular complexity index is 1160. The normalized spacial score (nSPS) is 11.8. The maximum absolute atomic E-state index is 12.5. The number of carbonyl (C=O) groups excluding carboxylic acids is 1. The van der Waals surface area contributed by atoms with Crippen LogP contribution < -0.4 is 5.32 Å². The van der Waals surface area contributed by atoms with Gasteiger partial charge in [-0.05, 0) is 32.9 Å². The topological polar surface area (TPSA) is 97.2 Å². The number of benzene rings is 1. The molecule has 0 aliphatic heterocycles. The quantitative estimate of drug-likeness (QED) is 0.600. The number of nitrogens with one attached hydrogen (secondary N) is 1. The first-order chi connectivity index (χ1) is 14.1. The predicted molar refractivity (Wildman–Crippen MR) is 118 cm³/mol. The van der Waals surface area contributed by atoms with E-state index in [0.29, 0.717) is 10.8 Å². The number of hydrogen-bond acceptors (Lipinski definition) is 6. The first-order valence-corrected chi connectivity index (χ1v) is 11.8. The lowest BCUT2D eigenvalue weighted by molar-refractivity contribution is -0.115. The molecule has 1 aromatic carbocycles. The zero-order chi connectivity index (χ0) is 22.1. The molecular formula is C20H25N5O3S2. The van der Waals surface area contributed by atoms with Crippen LogP contribution in [0, 0.1) is 13.8 Å². The van der Waals surface area contributed by atoms with Crippen molar-refractivity contribution < 1.29 is 13.2 Å². The Balaban J connectivity index is 1.71. The summed E-state index contributed by atoms with van der Waals surface area (Å²) < 4.78 is 27.4. The van der Waals surface area contributed by atoms with E-state index >= 15 is 0 Å². The van der Waals surface area contributed by atoms with E-state index in [1.807, 2.05) is 30.8 Å². The molecule has 0 spiro atoms. The molecule has 2 aromatic heterocycles. The summed E-state index contributed by atoms with van der Waals surface area (Å²) >= 11 is 1.33. The van der Waals surface area contributed by atoms with Crippen LogP contribution in [0.25, 0.3) is 11.3 Å². The van der Waals surface area contributed by atoms with E-state index in [1.54, 1.807) is 24.3 Å². The van der Waals surface area contributed by atoms with Crippen LogP contribution in [0.3, 0.4) is 0 Å². The van der Waals surface area contributed by atoms with Crippen molar-refractivity contribution in [2.75, 3.05) is 19.4 Å². The molecule has 160 valence electrons. The Morgan fingerprint density at radius 1 is 1.20 bits per heavy atom. The van der Waals surface area contributed by atoms with E-state index in [4.69, 9.17) is 0 Å². The second kappa shape index (κ2) is 8.66. The molecule has 3 aromatic rings. The maximum atomic E-state index is 12.5. The van der Waals surface area contributed by atoms with Gasteiger partial charge in [-0.3, -0.25) is 9.48 Å². The van der Waals surface area contributed by atoms with Crippen molar-refractivity contribution in [3.8, 4) is 11.3 Å². The van der Waals surface area contributed by atoms with Gasteiger partial charge in [-0.1, -0.05) is 12.1 Å². The highest BCUT2D eigenvalue weighted by Gasteiger charge is 2.18. The first-order valence-electron chi connectivity index (χ1n) is 9.44. The third-order valence-electron chi connectivity index (χ3n) is 4.85. The minimum Gasteiger partial charge on any atom is -0.302 e. The first kappa shape index (κ1) is 22.1. The van der Waals surface area contributed by atoms with Gasteiger partial charge in [-0.25, -0.2) is 17.7 Å². The molecule has 0 bridgehead atoms. The van der Waals surface area contributed by atoms with Gasteiger partial charge in [-0.15, -0.1) is 11.3 Å². The summed E-state index contributed by atoms with van der Waals surface area (Å²) in [5.41, 5.74) is 4.24. The zero-order valence-electron chi connectivity index (χ0n) is 17.6. The number of nitrogens with zero attached hydrogens (tertiary/aromatic N) is 4. The molecule has 0 fully saturated rings. The molecule has 30 heavy (non-hydrogen) atoms. The molecule has 0 saturated carbocycles. The summed E-state index contributed by atoms with van der Waals surface area (Å²) in [6.07, 6.45) is 0.240. The maximum Gasteiger partial charge on any atom is 0.242 e. The number of aryl methyl sites for hydroxylation is 2. The van der Waals surface area contributed by atoms with Crippen molar-refractivity contribution in [3.63, 3.8) is 0 Å². The zero-order valence-corrected chi connectivity index (χ0v) is 19.3. The summed E-state index contributed by atoms with van der Waals surface area (Å²) in [4.78, 5) is 17.2. The van der Waals surface area contributed by atoms with E-state index in [0.717, 1.165) is 29.1 Å². The molecular weight excluding hydrogens is 422 g/mol. The summed E-state index contributed by atoms with van der Waals surface area (Å²) in [5.74, 6) is -0.148. The number of anilines is 1. The smallest absolute Gasteiger partial charge is 0.242 e. The summed E-state index contributed by atoms with van der Waals surface area (Å²) in [5, 5.41) is 9.62.